The number of amides is 1. The van der Waals surface area contributed by atoms with Crippen molar-refractivity contribution < 1.29 is 18.0 Å². The fourth-order valence-electron chi connectivity index (χ4n) is 2.57. The van der Waals surface area contributed by atoms with Gasteiger partial charge in [-0.15, -0.1) is 5.10 Å². The molecule has 3 rings (SSSR count). The number of hydrogen-bond acceptors (Lipinski definition) is 5. The third-order valence-electron chi connectivity index (χ3n) is 3.98. The summed E-state index contributed by atoms with van der Waals surface area (Å²) in [5.74, 6) is 0.421. The Bertz CT molecular complexity index is 738. The molecule has 0 atom stereocenters. The molecular formula is C16H16F3N5O. The molecule has 2 aromatic rings. The van der Waals surface area contributed by atoms with Gasteiger partial charge in [-0.2, -0.15) is 18.3 Å². The van der Waals surface area contributed by atoms with Crippen LogP contribution in [0, 0.1) is 6.92 Å². The van der Waals surface area contributed by atoms with Crippen molar-refractivity contribution in [1.82, 2.24) is 20.1 Å². The lowest BCUT2D eigenvalue weighted by atomic mass is 10.2. The maximum absolute atomic E-state index is 12.5. The predicted molar refractivity (Wildman–Crippen MR) is 84.1 cm³/mol. The summed E-state index contributed by atoms with van der Waals surface area (Å²) in [4.78, 5) is 19.4. The highest BCUT2D eigenvalue weighted by Gasteiger charge is 2.32. The molecule has 0 unspecified atom stereocenters. The van der Waals surface area contributed by atoms with E-state index in [1.165, 1.54) is 0 Å². The van der Waals surface area contributed by atoms with Crippen molar-refractivity contribution >= 4 is 11.7 Å². The normalized spacial score (nSPS) is 15.4. The number of aryl methyl sites for hydroxylation is 1. The van der Waals surface area contributed by atoms with Crippen LogP contribution in [0.1, 0.15) is 21.7 Å². The lowest BCUT2D eigenvalue weighted by molar-refractivity contribution is -0.141. The van der Waals surface area contributed by atoms with Gasteiger partial charge in [-0.25, -0.2) is 0 Å². The first-order chi connectivity index (χ1) is 11.8. The fourth-order valence-corrected chi connectivity index (χ4v) is 2.57. The molecule has 1 amide bonds. The molecule has 132 valence electrons. The van der Waals surface area contributed by atoms with Gasteiger partial charge in [0.1, 0.15) is 5.69 Å². The molecule has 1 aliphatic rings. The van der Waals surface area contributed by atoms with Crippen LogP contribution >= 0.6 is 0 Å². The van der Waals surface area contributed by atoms with E-state index in [0.29, 0.717) is 26.2 Å². The first-order valence-electron chi connectivity index (χ1n) is 7.72. The van der Waals surface area contributed by atoms with Crippen LogP contribution in [-0.4, -0.2) is 52.2 Å². The van der Waals surface area contributed by atoms with Gasteiger partial charge in [0.2, 0.25) is 0 Å². The van der Waals surface area contributed by atoms with Crippen LogP contribution in [0.15, 0.2) is 30.5 Å². The summed E-state index contributed by atoms with van der Waals surface area (Å²) in [6.45, 7) is 3.92. The van der Waals surface area contributed by atoms with Crippen LogP contribution < -0.4 is 4.90 Å². The monoisotopic (exact) mass is 351 g/mol. The Morgan fingerprint density at radius 3 is 2.28 bits per heavy atom. The average Bonchev–Trinajstić information content (AvgIpc) is 2.61. The van der Waals surface area contributed by atoms with E-state index in [1.54, 1.807) is 4.90 Å². The van der Waals surface area contributed by atoms with Crippen LogP contribution in [0.4, 0.5) is 19.0 Å². The number of halogens is 3. The van der Waals surface area contributed by atoms with Crippen molar-refractivity contribution in [3.63, 3.8) is 0 Å². The van der Waals surface area contributed by atoms with Gasteiger partial charge in [0.15, 0.2) is 5.82 Å². The van der Waals surface area contributed by atoms with E-state index in [9.17, 15) is 18.0 Å². The highest BCUT2D eigenvalue weighted by molar-refractivity contribution is 5.94. The molecule has 1 fully saturated rings. The summed E-state index contributed by atoms with van der Waals surface area (Å²) in [7, 11) is 0. The smallest absolute Gasteiger partial charge is 0.352 e. The van der Waals surface area contributed by atoms with Crippen LogP contribution in [0.2, 0.25) is 0 Å². The number of carbonyl (C=O) groups excluding carboxylic acids is 1. The van der Waals surface area contributed by atoms with E-state index in [-0.39, 0.29) is 11.5 Å². The minimum Gasteiger partial charge on any atom is -0.352 e. The topological polar surface area (TPSA) is 62.2 Å². The SMILES string of the molecule is Cc1ccc(N2CCN(C(=O)c3ccc(C(F)(F)F)nc3)CC2)nn1. The Morgan fingerprint density at radius 2 is 1.76 bits per heavy atom. The molecule has 3 heterocycles. The second kappa shape index (κ2) is 6.66. The van der Waals surface area contributed by atoms with Crippen molar-refractivity contribution in [3.05, 3.63) is 47.4 Å². The number of alkyl halides is 3. The zero-order chi connectivity index (χ0) is 18.0. The van der Waals surface area contributed by atoms with E-state index in [0.717, 1.165) is 29.8 Å². The van der Waals surface area contributed by atoms with Gasteiger partial charge >= 0.3 is 6.18 Å². The number of pyridine rings is 1. The number of nitrogens with zero attached hydrogens (tertiary/aromatic N) is 5. The number of anilines is 1. The molecule has 0 aliphatic carbocycles. The zero-order valence-electron chi connectivity index (χ0n) is 13.5. The second-order valence-electron chi connectivity index (χ2n) is 5.74. The first kappa shape index (κ1) is 17.1. The summed E-state index contributed by atoms with van der Waals surface area (Å²) in [6.07, 6.45) is -3.54. The highest BCUT2D eigenvalue weighted by atomic mass is 19.4. The number of carbonyl (C=O) groups is 1. The average molecular weight is 351 g/mol. The van der Waals surface area contributed by atoms with Gasteiger partial charge in [0.25, 0.3) is 5.91 Å². The van der Waals surface area contributed by atoms with E-state index < -0.39 is 11.9 Å². The molecule has 25 heavy (non-hydrogen) atoms. The van der Waals surface area contributed by atoms with Crippen LogP contribution in [-0.2, 0) is 6.18 Å². The number of piperazine rings is 1. The van der Waals surface area contributed by atoms with E-state index in [2.05, 4.69) is 15.2 Å². The summed E-state index contributed by atoms with van der Waals surface area (Å²) in [6, 6.07) is 5.73. The van der Waals surface area contributed by atoms with Crippen molar-refractivity contribution in [2.24, 2.45) is 0 Å². The van der Waals surface area contributed by atoms with Crippen LogP contribution in [0.5, 0.6) is 0 Å². The molecule has 0 bridgehead atoms. The van der Waals surface area contributed by atoms with Gasteiger partial charge in [-0.3, -0.25) is 9.78 Å². The molecule has 1 saturated heterocycles. The molecule has 0 radical (unpaired) electrons. The summed E-state index contributed by atoms with van der Waals surface area (Å²) < 4.78 is 37.6. The van der Waals surface area contributed by atoms with Crippen molar-refractivity contribution in [1.29, 1.82) is 0 Å². The Balaban J connectivity index is 1.62. The molecule has 9 heteroatoms. The summed E-state index contributed by atoms with van der Waals surface area (Å²) in [5.41, 5.74) is -0.0317. The van der Waals surface area contributed by atoms with Crippen LogP contribution in [0.25, 0.3) is 0 Å². The Kier molecular flexibility index (Phi) is 4.56. The third-order valence-corrected chi connectivity index (χ3v) is 3.98. The Hall–Kier alpha value is -2.71. The fraction of sp³-hybridized carbons (Fsp3) is 0.375. The first-order valence-corrected chi connectivity index (χ1v) is 7.72. The predicted octanol–water partition coefficient (Wildman–Crippen LogP) is 2.16. The van der Waals surface area contributed by atoms with Gasteiger partial charge in [-0.05, 0) is 31.2 Å². The summed E-state index contributed by atoms with van der Waals surface area (Å²) >= 11 is 0. The molecule has 0 spiro atoms. The maximum atomic E-state index is 12.5. The standard InChI is InChI=1S/C16H16F3N5O/c1-11-2-5-14(22-21-11)23-6-8-24(9-7-23)15(25)12-3-4-13(20-10-12)16(17,18)19/h2-5,10H,6-9H2,1H3. The quantitative estimate of drug-likeness (QED) is 0.830. The van der Waals surface area contributed by atoms with Crippen molar-refractivity contribution in [3.8, 4) is 0 Å². The lowest BCUT2D eigenvalue weighted by Crippen LogP contribution is -2.49. The van der Waals surface area contributed by atoms with Crippen molar-refractivity contribution in [2.75, 3.05) is 31.1 Å². The highest BCUT2D eigenvalue weighted by Crippen LogP contribution is 2.27. The zero-order valence-corrected chi connectivity index (χ0v) is 13.5. The maximum Gasteiger partial charge on any atom is 0.433 e. The second-order valence-corrected chi connectivity index (χ2v) is 5.74. The minimum absolute atomic E-state index is 0.150. The van der Waals surface area contributed by atoms with Gasteiger partial charge in [0.05, 0.1) is 11.3 Å². The van der Waals surface area contributed by atoms with E-state index in [1.807, 2.05) is 24.0 Å². The largest absolute Gasteiger partial charge is 0.433 e. The number of rotatable bonds is 2. The Morgan fingerprint density at radius 1 is 1.04 bits per heavy atom. The Labute approximate surface area is 142 Å². The number of aromatic nitrogens is 3. The van der Waals surface area contributed by atoms with Gasteiger partial charge in [-0.1, -0.05) is 0 Å². The van der Waals surface area contributed by atoms with Crippen LogP contribution in [0.3, 0.4) is 0 Å². The molecule has 0 N–H and O–H groups in total. The van der Waals surface area contributed by atoms with E-state index in [4.69, 9.17) is 0 Å². The van der Waals surface area contributed by atoms with Gasteiger partial charge < -0.3 is 9.80 Å². The molecule has 0 aromatic carbocycles. The van der Waals surface area contributed by atoms with Gasteiger partial charge in [0, 0.05) is 32.4 Å². The number of hydrogen-bond donors (Lipinski definition) is 0. The molecule has 6 nitrogen and oxygen atoms in total. The summed E-state index contributed by atoms with van der Waals surface area (Å²) in [5, 5.41) is 8.13. The van der Waals surface area contributed by atoms with E-state index >= 15 is 0 Å². The molecule has 1 aliphatic heterocycles. The molecule has 2 aromatic heterocycles. The van der Waals surface area contributed by atoms with Crippen molar-refractivity contribution in [2.45, 2.75) is 13.1 Å². The molecular weight excluding hydrogens is 335 g/mol. The lowest BCUT2D eigenvalue weighted by Gasteiger charge is -2.35. The third kappa shape index (κ3) is 3.86. The molecule has 0 saturated carbocycles. The minimum atomic E-state index is -4.51.